The Labute approximate surface area is 173 Å². The van der Waals surface area contributed by atoms with Crippen molar-refractivity contribution in [1.82, 2.24) is 20.4 Å². The molecule has 0 aliphatic heterocycles. The third kappa shape index (κ3) is 4.19. The van der Waals surface area contributed by atoms with Gasteiger partial charge in [0.1, 0.15) is 16.8 Å². The van der Waals surface area contributed by atoms with Gasteiger partial charge in [0.2, 0.25) is 5.89 Å². The molecule has 2 heterocycles. The Morgan fingerprint density at radius 1 is 1.24 bits per heavy atom. The summed E-state index contributed by atoms with van der Waals surface area (Å²) in [6.45, 7) is 1.62. The summed E-state index contributed by atoms with van der Waals surface area (Å²) >= 11 is 6.23. The van der Waals surface area contributed by atoms with Crippen LogP contribution in [0.3, 0.4) is 0 Å². The Morgan fingerprint density at radius 3 is 2.76 bits per heavy atom. The van der Waals surface area contributed by atoms with Crippen molar-refractivity contribution in [3.8, 4) is 5.75 Å². The van der Waals surface area contributed by atoms with Crippen LogP contribution in [0.2, 0.25) is 5.02 Å². The summed E-state index contributed by atoms with van der Waals surface area (Å²) in [5.41, 5.74) is 0.0143. The number of pyridine rings is 1. The molecule has 152 valence electrons. The number of carbonyl (C=O) groups excluding carboxylic acids is 1. The summed E-state index contributed by atoms with van der Waals surface area (Å²) < 4.78 is 11.0. The fraction of sp³-hybridized carbons (Fsp3) is 0.429. The normalized spacial score (nSPS) is 16.3. The van der Waals surface area contributed by atoms with Gasteiger partial charge in [-0.2, -0.15) is 4.98 Å². The average Bonchev–Trinajstić information content (AvgIpc) is 3.03. The Morgan fingerprint density at radius 2 is 2.03 bits per heavy atom. The molecule has 1 fully saturated rings. The van der Waals surface area contributed by atoms with Crippen molar-refractivity contribution in [1.29, 1.82) is 0 Å². The first-order valence-corrected chi connectivity index (χ1v) is 10.2. The minimum atomic E-state index is -0.616. The lowest BCUT2D eigenvalue weighted by Crippen LogP contribution is -2.48. The number of hydrogen-bond acceptors (Lipinski definition) is 6. The van der Waals surface area contributed by atoms with Gasteiger partial charge in [-0.1, -0.05) is 42.4 Å². The number of benzene rings is 1. The third-order valence-corrected chi connectivity index (χ3v) is 5.66. The smallest absolute Gasteiger partial charge is 0.258 e. The van der Waals surface area contributed by atoms with E-state index in [-0.39, 0.29) is 12.5 Å². The van der Waals surface area contributed by atoms with Crippen LogP contribution in [0.25, 0.3) is 10.9 Å². The highest BCUT2D eigenvalue weighted by Gasteiger charge is 2.38. The monoisotopic (exact) mass is 414 g/mol. The van der Waals surface area contributed by atoms with E-state index in [1.165, 1.54) is 0 Å². The summed E-state index contributed by atoms with van der Waals surface area (Å²) in [5, 5.41) is 8.62. The van der Waals surface area contributed by atoms with Gasteiger partial charge < -0.3 is 14.6 Å². The lowest BCUT2D eigenvalue weighted by molar-refractivity contribution is -0.125. The molecule has 2 aromatic heterocycles. The standard InChI is InChI=1S/C21H23ClN4O3/c1-14-24-20(26-29-14)21(10-4-2-3-5-11-21)25-18(27)13-28-17-9-8-16(22)15-7-6-12-23-19(15)17/h6-9,12H,2-5,10-11,13H2,1H3,(H,25,27). The molecule has 8 heteroatoms. The fourth-order valence-corrected chi connectivity index (χ4v) is 4.12. The van der Waals surface area contributed by atoms with Gasteiger partial charge in [0.25, 0.3) is 5.91 Å². The Balaban J connectivity index is 1.51. The van der Waals surface area contributed by atoms with Crippen LogP contribution in [0.1, 0.15) is 50.2 Å². The zero-order valence-electron chi connectivity index (χ0n) is 16.3. The van der Waals surface area contributed by atoms with Crippen LogP contribution in [0.15, 0.2) is 35.0 Å². The largest absolute Gasteiger partial charge is 0.481 e. The van der Waals surface area contributed by atoms with E-state index in [1.54, 1.807) is 25.3 Å². The van der Waals surface area contributed by atoms with Crippen molar-refractivity contribution < 1.29 is 14.1 Å². The molecular formula is C21H23ClN4O3. The molecule has 1 aliphatic carbocycles. The van der Waals surface area contributed by atoms with Crippen molar-refractivity contribution in [3.63, 3.8) is 0 Å². The predicted octanol–water partition coefficient (Wildman–Crippen LogP) is 4.32. The summed E-state index contributed by atoms with van der Waals surface area (Å²) in [4.78, 5) is 21.6. The molecule has 0 spiro atoms. The molecule has 1 saturated carbocycles. The first-order valence-electron chi connectivity index (χ1n) is 9.85. The van der Waals surface area contributed by atoms with E-state index in [0.29, 0.717) is 28.0 Å². The Hall–Kier alpha value is -2.67. The first kappa shape index (κ1) is 19.6. The quantitative estimate of drug-likeness (QED) is 0.625. The van der Waals surface area contributed by atoms with Gasteiger partial charge in [-0.15, -0.1) is 0 Å². The molecule has 7 nitrogen and oxygen atoms in total. The van der Waals surface area contributed by atoms with Crippen LogP contribution in [-0.2, 0) is 10.3 Å². The van der Waals surface area contributed by atoms with E-state index in [4.69, 9.17) is 20.9 Å². The summed E-state index contributed by atoms with van der Waals surface area (Å²) in [5.74, 6) is 1.33. The maximum absolute atomic E-state index is 12.8. The van der Waals surface area contributed by atoms with Crippen molar-refractivity contribution in [2.75, 3.05) is 6.61 Å². The number of carbonyl (C=O) groups is 1. The molecule has 29 heavy (non-hydrogen) atoms. The van der Waals surface area contributed by atoms with Crippen molar-refractivity contribution in [2.24, 2.45) is 0 Å². The number of halogens is 1. The van der Waals surface area contributed by atoms with Gasteiger partial charge in [-0.25, -0.2) is 0 Å². The number of rotatable bonds is 5. The number of fused-ring (bicyclic) bond motifs is 1. The van der Waals surface area contributed by atoms with Gasteiger partial charge in [-0.3, -0.25) is 9.78 Å². The molecule has 1 N–H and O–H groups in total. The molecule has 3 aromatic rings. The SMILES string of the molecule is Cc1nc(C2(NC(=O)COc3ccc(Cl)c4cccnc34)CCCCCC2)no1. The molecule has 1 amide bonds. The highest BCUT2D eigenvalue weighted by atomic mass is 35.5. The highest BCUT2D eigenvalue weighted by molar-refractivity contribution is 6.35. The molecule has 1 aliphatic rings. The lowest BCUT2D eigenvalue weighted by atomic mass is 9.89. The molecule has 1 aromatic carbocycles. The Kier molecular flexibility index (Phi) is 5.67. The van der Waals surface area contributed by atoms with Gasteiger partial charge in [0, 0.05) is 18.5 Å². The minimum absolute atomic E-state index is 0.133. The summed E-state index contributed by atoms with van der Waals surface area (Å²) in [6, 6.07) is 7.16. The van der Waals surface area contributed by atoms with Gasteiger partial charge in [0.15, 0.2) is 12.4 Å². The summed E-state index contributed by atoms with van der Waals surface area (Å²) in [7, 11) is 0. The van der Waals surface area contributed by atoms with Crippen LogP contribution in [0.5, 0.6) is 5.75 Å². The van der Waals surface area contributed by atoms with Crippen LogP contribution < -0.4 is 10.1 Å². The predicted molar refractivity (Wildman–Crippen MR) is 109 cm³/mol. The Bertz CT molecular complexity index is 1010. The molecule has 0 atom stereocenters. The van der Waals surface area contributed by atoms with Crippen molar-refractivity contribution >= 4 is 28.4 Å². The van der Waals surface area contributed by atoms with Crippen LogP contribution in [0, 0.1) is 6.92 Å². The second kappa shape index (κ2) is 8.37. The van der Waals surface area contributed by atoms with Crippen LogP contribution >= 0.6 is 11.6 Å². The zero-order chi connectivity index (χ0) is 20.3. The maximum Gasteiger partial charge on any atom is 0.258 e. The number of hydrogen-bond donors (Lipinski definition) is 1. The average molecular weight is 415 g/mol. The number of amides is 1. The van der Waals surface area contributed by atoms with E-state index < -0.39 is 5.54 Å². The molecular weight excluding hydrogens is 392 g/mol. The molecule has 4 rings (SSSR count). The maximum atomic E-state index is 12.8. The number of nitrogens with zero attached hydrogens (tertiary/aromatic N) is 3. The fourth-order valence-electron chi connectivity index (χ4n) is 3.90. The second-order valence-corrected chi connectivity index (χ2v) is 7.82. The van der Waals surface area contributed by atoms with E-state index in [2.05, 4.69) is 20.4 Å². The second-order valence-electron chi connectivity index (χ2n) is 7.42. The van der Waals surface area contributed by atoms with E-state index in [1.807, 2.05) is 12.1 Å². The van der Waals surface area contributed by atoms with E-state index in [0.717, 1.165) is 43.9 Å². The highest BCUT2D eigenvalue weighted by Crippen LogP contribution is 2.35. The third-order valence-electron chi connectivity index (χ3n) is 5.33. The van der Waals surface area contributed by atoms with E-state index >= 15 is 0 Å². The van der Waals surface area contributed by atoms with Gasteiger partial charge in [0.05, 0.1) is 5.02 Å². The topological polar surface area (TPSA) is 90.1 Å². The number of aryl methyl sites for hydroxylation is 1. The van der Waals surface area contributed by atoms with Gasteiger partial charge >= 0.3 is 0 Å². The molecule has 0 saturated heterocycles. The van der Waals surface area contributed by atoms with Crippen LogP contribution in [-0.4, -0.2) is 27.6 Å². The zero-order valence-corrected chi connectivity index (χ0v) is 17.0. The van der Waals surface area contributed by atoms with Crippen LogP contribution in [0.4, 0.5) is 0 Å². The van der Waals surface area contributed by atoms with E-state index in [9.17, 15) is 4.79 Å². The van der Waals surface area contributed by atoms with Crippen molar-refractivity contribution in [3.05, 3.63) is 47.2 Å². The number of aromatic nitrogens is 3. The first-order chi connectivity index (χ1) is 14.1. The minimum Gasteiger partial charge on any atom is -0.481 e. The molecule has 0 radical (unpaired) electrons. The number of nitrogens with one attached hydrogen (secondary N) is 1. The molecule has 0 unspecified atom stereocenters. The lowest BCUT2D eigenvalue weighted by Gasteiger charge is -2.30. The van der Waals surface area contributed by atoms with Crippen molar-refractivity contribution in [2.45, 2.75) is 51.0 Å². The molecule has 0 bridgehead atoms. The van der Waals surface area contributed by atoms with Gasteiger partial charge in [-0.05, 0) is 37.1 Å². The number of ether oxygens (including phenoxy) is 1. The summed E-state index contributed by atoms with van der Waals surface area (Å²) in [6.07, 6.45) is 7.50.